The summed E-state index contributed by atoms with van der Waals surface area (Å²) in [5, 5.41) is 9.12. The van der Waals surface area contributed by atoms with Crippen LogP contribution < -0.4 is 5.32 Å². The third kappa shape index (κ3) is 3.48. The van der Waals surface area contributed by atoms with Gasteiger partial charge in [0, 0.05) is 13.1 Å². The lowest BCUT2D eigenvalue weighted by molar-refractivity contribution is 0.0945. The lowest BCUT2D eigenvalue weighted by Gasteiger charge is -2.03. The molecule has 0 aliphatic rings. The molecule has 3 rings (SSSR count). The molecule has 1 N–H and O–H groups in total. The Bertz CT molecular complexity index is 811. The average molecular weight is 329 g/mol. The van der Waals surface area contributed by atoms with E-state index in [-0.39, 0.29) is 18.3 Å². The standard InChI is InChI=1S/C17H16FN3OS/c1-2-21-15(16-7-4-8-23-16)10-14(20-21)17(22)19-11-12-5-3-6-13(18)9-12/h3-10H,2,11H2,1H3,(H,19,22). The van der Waals surface area contributed by atoms with Crippen molar-refractivity contribution in [3.05, 3.63) is 64.9 Å². The summed E-state index contributed by atoms with van der Waals surface area (Å²) < 4.78 is 15.0. The maximum atomic E-state index is 13.1. The number of aryl methyl sites for hydroxylation is 1. The molecular weight excluding hydrogens is 313 g/mol. The SMILES string of the molecule is CCn1nc(C(=O)NCc2cccc(F)c2)cc1-c1cccs1. The topological polar surface area (TPSA) is 46.9 Å². The van der Waals surface area contributed by atoms with E-state index in [0.29, 0.717) is 17.8 Å². The van der Waals surface area contributed by atoms with Crippen molar-refractivity contribution >= 4 is 17.2 Å². The van der Waals surface area contributed by atoms with Crippen LogP contribution in [-0.2, 0) is 13.1 Å². The number of amides is 1. The molecule has 0 aliphatic carbocycles. The van der Waals surface area contributed by atoms with Gasteiger partial charge in [-0.1, -0.05) is 18.2 Å². The van der Waals surface area contributed by atoms with Crippen LogP contribution in [0.3, 0.4) is 0 Å². The van der Waals surface area contributed by atoms with Gasteiger partial charge in [-0.2, -0.15) is 5.10 Å². The highest BCUT2D eigenvalue weighted by atomic mass is 32.1. The number of carbonyl (C=O) groups excluding carboxylic acids is 1. The molecule has 0 atom stereocenters. The van der Waals surface area contributed by atoms with Gasteiger partial charge in [-0.3, -0.25) is 9.48 Å². The second-order valence-electron chi connectivity index (χ2n) is 5.02. The minimum absolute atomic E-state index is 0.265. The van der Waals surface area contributed by atoms with Crippen LogP contribution in [0.1, 0.15) is 23.0 Å². The first-order valence-electron chi connectivity index (χ1n) is 7.31. The van der Waals surface area contributed by atoms with Crippen LogP contribution in [0.4, 0.5) is 4.39 Å². The summed E-state index contributed by atoms with van der Waals surface area (Å²) in [6.07, 6.45) is 0. The minimum atomic E-state index is -0.313. The Hall–Kier alpha value is -2.47. The van der Waals surface area contributed by atoms with E-state index in [1.807, 2.05) is 29.1 Å². The quantitative estimate of drug-likeness (QED) is 0.776. The molecule has 1 amide bonds. The van der Waals surface area contributed by atoms with E-state index >= 15 is 0 Å². The van der Waals surface area contributed by atoms with E-state index in [4.69, 9.17) is 0 Å². The molecule has 0 saturated heterocycles. The van der Waals surface area contributed by atoms with Crippen LogP contribution >= 0.6 is 11.3 Å². The molecule has 0 fully saturated rings. The van der Waals surface area contributed by atoms with E-state index in [1.54, 1.807) is 29.5 Å². The van der Waals surface area contributed by atoms with Gasteiger partial charge in [-0.25, -0.2) is 4.39 Å². The Morgan fingerprint density at radius 2 is 2.17 bits per heavy atom. The molecule has 4 nitrogen and oxygen atoms in total. The number of halogens is 1. The second kappa shape index (κ2) is 6.75. The second-order valence-corrected chi connectivity index (χ2v) is 5.97. The lowest BCUT2D eigenvalue weighted by atomic mass is 10.2. The number of nitrogens with zero attached hydrogens (tertiary/aromatic N) is 2. The first-order chi connectivity index (χ1) is 11.2. The van der Waals surface area contributed by atoms with Gasteiger partial charge in [0.25, 0.3) is 5.91 Å². The zero-order valence-electron chi connectivity index (χ0n) is 12.6. The Kier molecular flexibility index (Phi) is 4.52. The van der Waals surface area contributed by atoms with Crippen LogP contribution in [0.5, 0.6) is 0 Å². The molecular formula is C17H16FN3OS. The van der Waals surface area contributed by atoms with Gasteiger partial charge in [-0.05, 0) is 42.1 Å². The van der Waals surface area contributed by atoms with Crippen LogP contribution in [0.2, 0.25) is 0 Å². The van der Waals surface area contributed by atoms with Gasteiger partial charge in [0.2, 0.25) is 0 Å². The van der Waals surface area contributed by atoms with Crippen molar-refractivity contribution in [1.82, 2.24) is 15.1 Å². The smallest absolute Gasteiger partial charge is 0.272 e. The number of carbonyl (C=O) groups is 1. The van der Waals surface area contributed by atoms with E-state index in [9.17, 15) is 9.18 Å². The normalized spacial score (nSPS) is 10.7. The number of thiophene rings is 1. The first kappa shape index (κ1) is 15.4. The molecule has 2 aromatic heterocycles. The third-order valence-electron chi connectivity index (χ3n) is 3.43. The Balaban J connectivity index is 1.75. The Labute approximate surface area is 137 Å². The summed E-state index contributed by atoms with van der Waals surface area (Å²) >= 11 is 1.61. The number of nitrogens with one attached hydrogen (secondary N) is 1. The van der Waals surface area contributed by atoms with Gasteiger partial charge in [-0.15, -0.1) is 11.3 Å². The van der Waals surface area contributed by atoms with E-state index in [1.165, 1.54) is 12.1 Å². The summed E-state index contributed by atoms with van der Waals surface area (Å²) in [7, 11) is 0. The predicted octanol–water partition coefficient (Wildman–Crippen LogP) is 3.70. The van der Waals surface area contributed by atoms with E-state index in [2.05, 4.69) is 10.4 Å². The average Bonchev–Trinajstić information content (AvgIpc) is 3.21. The van der Waals surface area contributed by atoms with Crippen molar-refractivity contribution in [3.63, 3.8) is 0 Å². The van der Waals surface area contributed by atoms with Crippen LogP contribution in [0.25, 0.3) is 10.6 Å². The van der Waals surface area contributed by atoms with Gasteiger partial charge in [0.05, 0.1) is 10.6 Å². The van der Waals surface area contributed by atoms with Crippen molar-refractivity contribution in [2.75, 3.05) is 0 Å². The lowest BCUT2D eigenvalue weighted by Crippen LogP contribution is -2.23. The van der Waals surface area contributed by atoms with Crippen molar-refractivity contribution in [2.45, 2.75) is 20.0 Å². The van der Waals surface area contributed by atoms with Crippen molar-refractivity contribution in [3.8, 4) is 10.6 Å². The maximum absolute atomic E-state index is 13.1. The summed E-state index contributed by atoms with van der Waals surface area (Å²) in [4.78, 5) is 13.3. The van der Waals surface area contributed by atoms with Crippen LogP contribution in [0, 0.1) is 5.82 Å². The summed E-state index contributed by atoms with van der Waals surface area (Å²) in [6, 6.07) is 11.9. The number of hydrogen-bond donors (Lipinski definition) is 1. The van der Waals surface area contributed by atoms with Crippen molar-refractivity contribution in [2.24, 2.45) is 0 Å². The Morgan fingerprint density at radius 1 is 1.30 bits per heavy atom. The monoisotopic (exact) mass is 329 g/mol. The molecule has 118 valence electrons. The van der Waals surface area contributed by atoms with E-state index < -0.39 is 0 Å². The fourth-order valence-electron chi connectivity index (χ4n) is 2.31. The molecule has 2 heterocycles. The third-order valence-corrected chi connectivity index (χ3v) is 4.32. The predicted molar refractivity (Wildman–Crippen MR) is 88.8 cm³/mol. The zero-order valence-corrected chi connectivity index (χ0v) is 13.4. The highest BCUT2D eigenvalue weighted by Gasteiger charge is 2.15. The highest BCUT2D eigenvalue weighted by Crippen LogP contribution is 2.25. The van der Waals surface area contributed by atoms with Gasteiger partial charge >= 0.3 is 0 Å². The van der Waals surface area contributed by atoms with Crippen molar-refractivity contribution < 1.29 is 9.18 Å². The number of rotatable bonds is 5. The number of benzene rings is 1. The molecule has 0 unspecified atom stereocenters. The minimum Gasteiger partial charge on any atom is -0.347 e. The molecule has 3 aromatic rings. The van der Waals surface area contributed by atoms with Gasteiger partial charge in [0.15, 0.2) is 5.69 Å². The number of aromatic nitrogens is 2. The molecule has 0 bridgehead atoms. The van der Waals surface area contributed by atoms with E-state index in [0.717, 1.165) is 10.6 Å². The maximum Gasteiger partial charge on any atom is 0.272 e. The molecule has 6 heteroatoms. The molecule has 0 saturated carbocycles. The summed E-state index contributed by atoms with van der Waals surface area (Å²) in [6.45, 7) is 2.94. The molecule has 0 spiro atoms. The highest BCUT2D eigenvalue weighted by molar-refractivity contribution is 7.13. The van der Waals surface area contributed by atoms with Gasteiger partial charge < -0.3 is 5.32 Å². The van der Waals surface area contributed by atoms with Crippen LogP contribution in [-0.4, -0.2) is 15.7 Å². The summed E-state index contributed by atoms with van der Waals surface area (Å²) in [5.74, 6) is -0.578. The zero-order chi connectivity index (χ0) is 16.2. The Morgan fingerprint density at radius 3 is 2.87 bits per heavy atom. The van der Waals surface area contributed by atoms with Gasteiger partial charge in [0.1, 0.15) is 5.82 Å². The molecule has 23 heavy (non-hydrogen) atoms. The fourth-order valence-corrected chi connectivity index (χ4v) is 3.06. The van der Waals surface area contributed by atoms with Crippen molar-refractivity contribution in [1.29, 1.82) is 0 Å². The first-order valence-corrected chi connectivity index (χ1v) is 8.19. The molecule has 0 aliphatic heterocycles. The fraction of sp³-hybridized carbons (Fsp3) is 0.176. The van der Waals surface area contributed by atoms with Crippen LogP contribution in [0.15, 0.2) is 47.8 Å². The largest absolute Gasteiger partial charge is 0.347 e. The molecule has 0 radical (unpaired) electrons. The number of hydrogen-bond acceptors (Lipinski definition) is 3. The molecule has 1 aromatic carbocycles. The summed E-state index contributed by atoms with van der Waals surface area (Å²) in [5.41, 5.74) is 2.01.